The fraction of sp³-hybridized carbons (Fsp3) is 0.474. The van der Waals surface area contributed by atoms with E-state index in [2.05, 4.69) is 45.0 Å². The summed E-state index contributed by atoms with van der Waals surface area (Å²) < 4.78 is 5.23. The van der Waals surface area contributed by atoms with Crippen LogP contribution in [0.25, 0.3) is 10.4 Å². The van der Waals surface area contributed by atoms with E-state index in [9.17, 15) is 0 Å². The van der Waals surface area contributed by atoms with Crippen molar-refractivity contribution in [3.05, 3.63) is 41.3 Å². The van der Waals surface area contributed by atoms with Crippen LogP contribution in [0.5, 0.6) is 5.75 Å². The van der Waals surface area contributed by atoms with Crippen LogP contribution in [0.4, 0.5) is 0 Å². The molecule has 0 bridgehead atoms. The number of benzene rings is 1. The van der Waals surface area contributed by atoms with Gasteiger partial charge in [0.25, 0.3) is 0 Å². The predicted molar refractivity (Wildman–Crippen MR) is 93.5 cm³/mol. The van der Waals surface area contributed by atoms with Crippen molar-refractivity contribution in [3.8, 4) is 16.2 Å². The summed E-state index contributed by atoms with van der Waals surface area (Å²) in [4.78, 5) is 2.88. The maximum absolute atomic E-state index is 5.23. The van der Waals surface area contributed by atoms with E-state index in [1.165, 1.54) is 41.0 Å². The standard InChI is InChI=1S/C19H26OS/c1-5-13-19(3,14-6-2)18-12-11-17(21-18)15-7-9-16(20-4)10-8-15/h7-12H,5-6,13-14H2,1-4H3. The van der Waals surface area contributed by atoms with Gasteiger partial charge >= 0.3 is 0 Å². The summed E-state index contributed by atoms with van der Waals surface area (Å²) in [5.41, 5.74) is 1.61. The quantitative estimate of drug-likeness (QED) is 0.584. The second kappa shape index (κ2) is 7.13. The first-order valence-electron chi connectivity index (χ1n) is 7.87. The summed E-state index contributed by atoms with van der Waals surface area (Å²) in [5, 5.41) is 0. The molecule has 0 unspecified atom stereocenters. The molecule has 0 fully saturated rings. The van der Waals surface area contributed by atoms with E-state index >= 15 is 0 Å². The van der Waals surface area contributed by atoms with Gasteiger partial charge in [0.1, 0.15) is 5.75 Å². The first kappa shape index (κ1) is 16.1. The highest BCUT2D eigenvalue weighted by Crippen LogP contribution is 2.40. The number of rotatable bonds is 7. The van der Waals surface area contributed by atoms with Gasteiger partial charge in [-0.1, -0.05) is 33.6 Å². The Labute approximate surface area is 133 Å². The van der Waals surface area contributed by atoms with Crippen molar-refractivity contribution in [3.63, 3.8) is 0 Å². The van der Waals surface area contributed by atoms with Crippen LogP contribution < -0.4 is 4.74 Å². The number of thiophene rings is 1. The van der Waals surface area contributed by atoms with Crippen molar-refractivity contribution in [1.29, 1.82) is 0 Å². The van der Waals surface area contributed by atoms with Gasteiger partial charge in [0.15, 0.2) is 0 Å². The second-order valence-corrected chi connectivity index (χ2v) is 7.04. The summed E-state index contributed by atoms with van der Waals surface area (Å²) in [5.74, 6) is 0.914. The van der Waals surface area contributed by atoms with Crippen molar-refractivity contribution in [1.82, 2.24) is 0 Å². The van der Waals surface area contributed by atoms with Crippen LogP contribution in [0.15, 0.2) is 36.4 Å². The lowest BCUT2D eigenvalue weighted by Gasteiger charge is -2.27. The van der Waals surface area contributed by atoms with E-state index in [-0.39, 0.29) is 0 Å². The van der Waals surface area contributed by atoms with Gasteiger partial charge in [0.2, 0.25) is 0 Å². The number of hydrogen-bond donors (Lipinski definition) is 0. The molecule has 1 aromatic heterocycles. The molecular formula is C19H26OS. The van der Waals surface area contributed by atoms with Gasteiger partial charge < -0.3 is 4.74 Å². The van der Waals surface area contributed by atoms with E-state index in [4.69, 9.17) is 4.74 Å². The molecule has 114 valence electrons. The minimum absolute atomic E-state index is 0.332. The molecular weight excluding hydrogens is 276 g/mol. The summed E-state index contributed by atoms with van der Waals surface area (Å²) in [6, 6.07) is 13.0. The molecule has 0 N–H and O–H groups in total. The molecule has 0 aliphatic heterocycles. The molecule has 0 radical (unpaired) electrons. The van der Waals surface area contributed by atoms with Gasteiger partial charge in [0, 0.05) is 15.2 Å². The van der Waals surface area contributed by atoms with Gasteiger partial charge in [-0.3, -0.25) is 0 Å². The Morgan fingerprint density at radius 1 is 0.952 bits per heavy atom. The molecule has 2 heteroatoms. The largest absolute Gasteiger partial charge is 0.497 e. The lowest BCUT2D eigenvalue weighted by atomic mass is 9.80. The van der Waals surface area contributed by atoms with E-state index in [1.807, 2.05) is 23.5 Å². The smallest absolute Gasteiger partial charge is 0.118 e. The normalized spacial score (nSPS) is 11.6. The van der Waals surface area contributed by atoms with Crippen molar-refractivity contribution < 1.29 is 4.74 Å². The van der Waals surface area contributed by atoms with Gasteiger partial charge in [-0.05, 0) is 54.8 Å². The third-order valence-electron chi connectivity index (χ3n) is 4.18. The molecule has 0 aliphatic rings. The summed E-state index contributed by atoms with van der Waals surface area (Å²) in [7, 11) is 1.71. The van der Waals surface area contributed by atoms with Gasteiger partial charge in [-0.25, -0.2) is 0 Å². The van der Waals surface area contributed by atoms with Crippen LogP contribution >= 0.6 is 11.3 Å². The lowest BCUT2D eigenvalue weighted by molar-refractivity contribution is 0.399. The SMILES string of the molecule is CCCC(C)(CCC)c1ccc(-c2ccc(OC)cc2)s1. The Morgan fingerprint density at radius 2 is 1.57 bits per heavy atom. The Bertz CT molecular complexity index is 547. The van der Waals surface area contributed by atoms with Gasteiger partial charge in [-0.2, -0.15) is 0 Å². The van der Waals surface area contributed by atoms with Crippen LogP contribution in [0, 0.1) is 0 Å². The van der Waals surface area contributed by atoms with Crippen LogP contribution in [0.2, 0.25) is 0 Å². The minimum atomic E-state index is 0.332. The van der Waals surface area contributed by atoms with Crippen molar-refractivity contribution in [2.24, 2.45) is 0 Å². The fourth-order valence-corrected chi connectivity index (χ4v) is 4.26. The van der Waals surface area contributed by atoms with Crippen LogP contribution in [-0.4, -0.2) is 7.11 Å². The molecule has 0 atom stereocenters. The first-order valence-corrected chi connectivity index (χ1v) is 8.69. The monoisotopic (exact) mass is 302 g/mol. The van der Waals surface area contributed by atoms with E-state index < -0.39 is 0 Å². The van der Waals surface area contributed by atoms with Crippen LogP contribution in [-0.2, 0) is 5.41 Å². The molecule has 0 amide bonds. The maximum atomic E-state index is 5.23. The highest BCUT2D eigenvalue weighted by Gasteiger charge is 2.26. The van der Waals surface area contributed by atoms with Gasteiger partial charge in [-0.15, -0.1) is 11.3 Å². The fourth-order valence-electron chi connectivity index (χ4n) is 3.05. The molecule has 2 rings (SSSR count). The lowest BCUT2D eigenvalue weighted by Crippen LogP contribution is -2.19. The highest BCUT2D eigenvalue weighted by molar-refractivity contribution is 7.15. The molecule has 21 heavy (non-hydrogen) atoms. The van der Waals surface area contributed by atoms with E-state index in [0.29, 0.717) is 5.41 Å². The molecule has 0 saturated carbocycles. The van der Waals surface area contributed by atoms with Gasteiger partial charge in [0.05, 0.1) is 7.11 Å². The van der Waals surface area contributed by atoms with Crippen molar-refractivity contribution >= 4 is 11.3 Å². The minimum Gasteiger partial charge on any atom is -0.497 e. The highest BCUT2D eigenvalue weighted by atomic mass is 32.1. The Balaban J connectivity index is 2.26. The summed E-state index contributed by atoms with van der Waals surface area (Å²) in [6.45, 7) is 6.99. The molecule has 0 aliphatic carbocycles. The van der Waals surface area contributed by atoms with Crippen molar-refractivity contribution in [2.45, 2.75) is 51.9 Å². The van der Waals surface area contributed by atoms with E-state index in [1.54, 1.807) is 7.11 Å². The molecule has 0 saturated heterocycles. The topological polar surface area (TPSA) is 9.23 Å². The molecule has 0 spiro atoms. The average Bonchev–Trinajstić information content (AvgIpc) is 2.98. The predicted octanol–water partition coefficient (Wildman–Crippen LogP) is 6.28. The number of ether oxygens (including phenoxy) is 1. The summed E-state index contributed by atoms with van der Waals surface area (Å²) >= 11 is 1.95. The zero-order chi connectivity index (χ0) is 15.3. The molecule has 2 aromatic rings. The third kappa shape index (κ3) is 3.68. The third-order valence-corrected chi connectivity index (χ3v) is 5.62. The first-order chi connectivity index (χ1) is 10.1. The second-order valence-electron chi connectivity index (χ2n) is 5.95. The Hall–Kier alpha value is -1.28. The van der Waals surface area contributed by atoms with Crippen LogP contribution in [0.1, 0.15) is 51.3 Å². The molecule has 1 aromatic carbocycles. The maximum Gasteiger partial charge on any atom is 0.118 e. The van der Waals surface area contributed by atoms with Crippen molar-refractivity contribution in [2.75, 3.05) is 7.11 Å². The van der Waals surface area contributed by atoms with Crippen LogP contribution in [0.3, 0.4) is 0 Å². The number of methoxy groups -OCH3 is 1. The molecule has 1 nitrogen and oxygen atoms in total. The average molecular weight is 302 g/mol. The Morgan fingerprint density at radius 3 is 2.10 bits per heavy atom. The zero-order valence-corrected chi connectivity index (χ0v) is 14.4. The summed E-state index contributed by atoms with van der Waals surface area (Å²) in [6.07, 6.45) is 5.02. The van der Waals surface area contributed by atoms with E-state index in [0.717, 1.165) is 5.75 Å². The zero-order valence-electron chi connectivity index (χ0n) is 13.6. The molecule has 1 heterocycles. The Kier molecular flexibility index (Phi) is 5.46. The number of hydrogen-bond acceptors (Lipinski definition) is 2.